The van der Waals surface area contributed by atoms with Crippen molar-refractivity contribution in [1.29, 1.82) is 0 Å². The van der Waals surface area contributed by atoms with Gasteiger partial charge in [0.25, 0.3) is 0 Å². The van der Waals surface area contributed by atoms with E-state index in [0.717, 1.165) is 24.2 Å². The lowest BCUT2D eigenvalue weighted by atomic mass is 10.0. The van der Waals surface area contributed by atoms with Crippen LogP contribution in [0.15, 0.2) is 48.0 Å². The number of fused-ring (bicyclic) bond motifs is 1. The van der Waals surface area contributed by atoms with E-state index < -0.39 is 0 Å². The maximum absolute atomic E-state index is 12.5. The molecule has 1 fully saturated rings. The number of benzene rings is 2. The number of hydrogen-bond donors (Lipinski definition) is 0. The van der Waals surface area contributed by atoms with E-state index in [1.165, 1.54) is 24.9 Å². The Morgan fingerprint density at radius 1 is 0.880 bits per heavy atom. The molecule has 25 heavy (non-hydrogen) atoms. The van der Waals surface area contributed by atoms with E-state index in [2.05, 4.69) is 17.0 Å². The molecule has 0 N–H and O–H groups in total. The summed E-state index contributed by atoms with van der Waals surface area (Å²) < 4.78 is 0. The van der Waals surface area contributed by atoms with Crippen LogP contribution in [0.1, 0.15) is 51.1 Å². The number of anilines is 1. The molecule has 1 saturated heterocycles. The zero-order valence-corrected chi connectivity index (χ0v) is 14.4. The van der Waals surface area contributed by atoms with Crippen molar-refractivity contribution in [2.24, 2.45) is 0 Å². The quantitative estimate of drug-likeness (QED) is 0.603. The first-order valence-corrected chi connectivity index (χ1v) is 8.91. The average molecular weight is 331 g/mol. The molecular weight excluding hydrogens is 310 g/mol. The second-order valence-corrected chi connectivity index (χ2v) is 6.85. The van der Waals surface area contributed by atoms with Gasteiger partial charge < -0.3 is 4.90 Å². The summed E-state index contributed by atoms with van der Waals surface area (Å²) in [5, 5.41) is 0. The first-order valence-electron chi connectivity index (χ1n) is 8.91. The molecule has 2 aromatic carbocycles. The summed E-state index contributed by atoms with van der Waals surface area (Å²) in [6.45, 7) is 4.25. The van der Waals surface area contributed by atoms with Crippen LogP contribution in [0.3, 0.4) is 0 Å². The lowest BCUT2D eigenvalue weighted by Crippen LogP contribution is -2.29. The molecule has 0 spiro atoms. The largest absolute Gasteiger partial charge is 0.372 e. The van der Waals surface area contributed by atoms with Crippen molar-refractivity contribution in [1.82, 2.24) is 0 Å². The van der Waals surface area contributed by atoms with Crippen molar-refractivity contribution in [3.05, 3.63) is 70.3 Å². The number of aryl methyl sites for hydroxylation is 1. The van der Waals surface area contributed by atoms with Gasteiger partial charge in [0.15, 0.2) is 11.6 Å². The Morgan fingerprint density at radius 3 is 2.12 bits per heavy atom. The molecule has 0 unspecified atom stereocenters. The van der Waals surface area contributed by atoms with Crippen LogP contribution in [0.25, 0.3) is 6.08 Å². The van der Waals surface area contributed by atoms with E-state index in [1.807, 2.05) is 13.0 Å². The smallest absolute Gasteiger partial charge is 0.197 e. The van der Waals surface area contributed by atoms with Gasteiger partial charge in [0.05, 0.1) is 5.57 Å². The molecule has 1 aliphatic heterocycles. The van der Waals surface area contributed by atoms with E-state index >= 15 is 0 Å². The second kappa shape index (κ2) is 6.32. The van der Waals surface area contributed by atoms with Gasteiger partial charge in [0.1, 0.15) is 0 Å². The summed E-state index contributed by atoms with van der Waals surface area (Å²) in [7, 11) is 0. The number of carbonyl (C=O) groups excluding carboxylic acids is 2. The molecule has 1 heterocycles. The van der Waals surface area contributed by atoms with Crippen molar-refractivity contribution < 1.29 is 9.59 Å². The molecular formula is C22H21NO2. The summed E-state index contributed by atoms with van der Waals surface area (Å²) in [6.07, 6.45) is 5.54. The van der Waals surface area contributed by atoms with Crippen LogP contribution < -0.4 is 4.90 Å². The third kappa shape index (κ3) is 2.80. The van der Waals surface area contributed by atoms with Crippen molar-refractivity contribution >= 4 is 23.3 Å². The van der Waals surface area contributed by atoms with Crippen molar-refractivity contribution in [3.63, 3.8) is 0 Å². The van der Waals surface area contributed by atoms with Crippen LogP contribution in [0.2, 0.25) is 0 Å². The highest BCUT2D eigenvalue weighted by molar-refractivity contribution is 6.41. The van der Waals surface area contributed by atoms with Crippen LogP contribution in [0, 0.1) is 6.92 Å². The fourth-order valence-corrected chi connectivity index (χ4v) is 3.73. The number of Topliss-reactive ketones (excluding diaryl/α,β-unsaturated/α-hetero) is 2. The molecule has 126 valence electrons. The van der Waals surface area contributed by atoms with Gasteiger partial charge in [-0.3, -0.25) is 9.59 Å². The Kier molecular flexibility index (Phi) is 4.00. The molecule has 1 aliphatic carbocycles. The Bertz CT molecular complexity index is 852. The topological polar surface area (TPSA) is 37.4 Å². The number of hydrogen-bond acceptors (Lipinski definition) is 3. The third-order valence-corrected chi connectivity index (χ3v) is 5.18. The normalized spacial score (nSPS) is 17.0. The molecule has 2 aromatic rings. The van der Waals surface area contributed by atoms with Gasteiger partial charge >= 0.3 is 0 Å². The van der Waals surface area contributed by atoms with E-state index in [9.17, 15) is 9.59 Å². The number of rotatable bonds is 2. The zero-order chi connectivity index (χ0) is 17.4. The molecule has 3 heteroatoms. The predicted octanol–water partition coefficient (Wildman–Crippen LogP) is 4.45. The van der Waals surface area contributed by atoms with Crippen molar-refractivity contribution in [2.45, 2.75) is 26.2 Å². The van der Waals surface area contributed by atoms with E-state index in [-0.39, 0.29) is 17.1 Å². The molecule has 2 aliphatic rings. The number of allylic oxidation sites excluding steroid dienone is 1. The third-order valence-electron chi connectivity index (χ3n) is 5.18. The van der Waals surface area contributed by atoms with Gasteiger partial charge in [0.2, 0.25) is 0 Å². The first kappa shape index (κ1) is 15.8. The minimum Gasteiger partial charge on any atom is -0.372 e. The molecule has 0 aromatic heterocycles. The maximum Gasteiger partial charge on any atom is 0.197 e. The van der Waals surface area contributed by atoms with E-state index in [4.69, 9.17) is 0 Å². The fraction of sp³-hybridized carbons (Fsp3) is 0.273. The number of nitrogens with zero attached hydrogens (tertiary/aromatic N) is 1. The highest BCUT2D eigenvalue weighted by Gasteiger charge is 2.32. The highest BCUT2D eigenvalue weighted by atomic mass is 16.2. The lowest BCUT2D eigenvalue weighted by Gasteiger charge is -2.29. The van der Waals surface area contributed by atoms with E-state index in [1.54, 1.807) is 30.3 Å². The molecule has 0 atom stereocenters. The van der Waals surface area contributed by atoms with Crippen molar-refractivity contribution in [3.8, 4) is 0 Å². The van der Waals surface area contributed by atoms with Crippen molar-refractivity contribution in [2.75, 3.05) is 18.0 Å². The van der Waals surface area contributed by atoms with Gasteiger partial charge in [-0.1, -0.05) is 30.3 Å². The summed E-state index contributed by atoms with van der Waals surface area (Å²) in [4.78, 5) is 27.5. The summed E-state index contributed by atoms with van der Waals surface area (Å²) in [6, 6.07) is 13.3. The Hall–Kier alpha value is -2.68. The molecule has 0 bridgehead atoms. The number of ketones is 2. The SMILES string of the molecule is Cc1cc(N2CCCCC2)ccc1C=C1C(=O)c2ccccc2C1=O. The number of piperidine rings is 1. The van der Waals surface area contributed by atoms with Gasteiger partial charge in [-0.25, -0.2) is 0 Å². The molecule has 0 amide bonds. The standard InChI is InChI=1S/C22H21NO2/c1-15-13-17(23-11-5-2-6-12-23)10-9-16(15)14-20-21(24)18-7-3-4-8-19(18)22(20)25/h3-4,7-10,13-14H,2,5-6,11-12H2,1H3. The monoisotopic (exact) mass is 331 g/mol. The molecule has 4 rings (SSSR count). The summed E-state index contributed by atoms with van der Waals surface area (Å²) >= 11 is 0. The molecule has 0 saturated carbocycles. The van der Waals surface area contributed by atoms with Gasteiger partial charge in [-0.2, -0.15) is 0 Å². The lowest BCUT2D eigenvalue weighted by molar-refractivity contribution is 0.0990. The van der Waals surface area contributed by atoms with Crippen LogP contribution in [-0.2, 0) is 0 Å². The minimum absolute atomic E-state index is 0.167. The Balaban J connectivity index is 1.66. The zero-order valence-electron chi connectivity index (χ0n) is 14.4. The summed E-state index contributed by atoms with van der Waals surface area (Å²) in [5.74, 6) is -0.333. The molecule has 0 radical (unpaired) electrons. The van der Waals surface area contributed by atoms with Crippen LogP contribution in [0.5, 0.6) is 0 Å². The predicted molar refractivity (Wildman–Crippen MR) is 100 cm³/mol. The Morgan fingerprint density at radius 2 is 1.52 bits per heavy atom. The van der Waals surface area contributed by atoms with E-state index in [0.29, 0.717) is 11.1 Å². The van der Waals surface area contributed by atoms with Gasteiger partial charge in [-0.15, -0.1) is 0 Å². The average Bonchev–Trinajstić information content (AvgIpc) is 2.89. The highest BCUT2D eigenvalue weighted by Crippen LogP contribution is 2.29. The van der Waals surface area contributed by atoms with Gasteiger partial charge in [-0.05, 0) is 55.5 Å². The van der Waals surface area contributed by atoms with Crippen LogP contribution in [0.4, 0.5) is 5.69 Å². The fourth-order valence-electron chi connectivity index (χ4n) is 3.73. The first-order chi connectivity index (χ1) is 12.1. The minimum atomic E-state index is -0.167. The Labute approximate surface area is 148 Å². The van der Waals surface area contributed by atoms with Crippen LogP contribution >= 0.6 is 0 Å². The summed E-state index contributed by atoms with van der Waals surface area (Å²) in [5.41, 5.74) is 4.56. The van der Waals surface area contributed by atoms with Gasteiger partial charge in [0, 0.05) is 29.9 Å². The second-order valence-electron chi connectivity index (χ2n) is 6.85. The maximum atomic E-state index is 12.5. The number of carbonyl (C=O) groups is 2. The van der Waals surface area contributed by atoms with Crippen LogP contribution in [-0.4, -0.2) is 24.7 Å². The molecule has 3 nitrogen and oxygen atoms in total.